The molecule has 1 N–H and O–H groups in total. The molecular weight excluding hydrogens is 502 g/mol. The van der Waals surface area contributed by atoms with Gasteiger partial charge in [-0.1, -0.05) is 17.7 Å². The van der Waals surface area contributed by atoms with E-state index in [0.717, 1.165) is 12.8 Å². The van der Waals surface area contributed by atoms with Crippen molar-refractivity contribution in [3.05, 3.63) is 52.5 Å². The Labute approximate surface area is 204 Å². The molecular formula is C22H26ClN3O6S2. The number of amides is 1. The van der Waals surface area contributed by atoms with Gasteiger partial charge in [0, 0.05) is 37.4 Å². The van der Waals surface area contributed by atoms with Crippen LogP contribution in [0.5, 0.6) is 0 Å². The Kier molecular flexibility index (Phi) is 7.32. The lowest BCUT2D eigenvalue weighted by atomic mass is 10.1. The van der Waals surface area contributed by atoms with Crippen LogP contribution in [0.4, 0.5) is 5.69 Å². The molecule has 0 bridgehead atoms. The van der Waals surface area contributed by atoms with E-state index in [1.807, 2.05) is 0 Å². The van der Waals surface area contributed by atoms with Crippen LogP contribution in [-0.4, -0.2) is 70.7 Å². The van der Waals surface area contributed by atoms with Crippen LogP contribution in [0.3, 0.4) is 0 Å². The van der Waals surface area contributed by atoms with E-state index in [9.17, 15) is 21.6 Å². The van der Waals surface area contributed by atoms with E-state index in [4.69, 9.17) is 16.3 Å². The monoisotopic (exact) mass is 527 g/mol. The maximum Gasteiger partial charge on any atom is 0.255 e. The van der Waals surface area contributed by atoms with Gasteiger partial charge in [-0.2, -0.15) is 8.61 Å². The van der Waals surface area contributed by atoms with Crippen LogP contribution in [-0.2, 0) is 24.8 Å². The summed E-state index contributed by atoms with van der Waals surface area (Å²) in [6.45, 7) is 3.75. The summed E-state index contributed by atoms with van der Waals surface area (Å²) in [4.78, 5) is 12.9. The van der Waals surface area contributed by atoms with Gasteiger partial charge in [0.2, 0.25) is 20.0 Å². The van der Waals surface area contributed by atoms with Crippen molar-refractivity contribution in [2.75, 3.05) is 44.7 Å². The summed E-state index contributed by atoms with van der Waals surface area (Å²) in [5.74, 6) is -0.571. The number of nitrogens with zero attached hydrogens (tertiary/aromatic N) is 2. The summed E-state index contributed by atoms with van der Waals surface area (Å²) in [6, 6.07) is 8.60. The number of carbonyl (C=O) groups is 1. The number of halogens is 1. The van der Waals surface area contributed by atoms with Crippen LogP contribution in [0.25, 0.3) is 0 Å². The molecule has 184 valence electrons. The van der Waals surface area contributed by atoms with Crippen LogP contribution in [0.2, 0.25) is 5.02 Å². The zero-order chi connectivity index (χ0) is 24.5. The minimum absolute atomic E-state index is 0.0400. The standard InChI is InChI=1S/C22H26ClN3O6S2/c1-16-4-6-18(33(28,29)26-10-12-32-13-11-26)15-20(16)24-22(27)17-5-7-19(23)21(14-17)34(30,31)25-8-2-3-9-25/h4-7,14-15H,2-3,8-13H2,1H3,(H,24,27). The third-order valence-corrected chi connectivity index (χ3v) is 10.2. The van der Waals surface area contributed by atoms with Gasteiger partial charge in [0.05, 0.1) is 23.1 Å². The first kappa shape index (κ1) is 25.1. The Hall–Kier alpha value is -2.02. The van der Waals surface area contributed by atoms with Crippen LogP contribution in [0.1, 0.15) is 28.8 Å². The highest BCUT2D eigenvalue weighted by molar-refractivity contribution is 7.89. The van der Waals surface area contributed by atoms with Crippen molar-refractivity contribution in [1.29, 1.82) is 0 Å². The third kappa shape index (κ3) is 5.00. The van der Waals surface area contributed by atoms with Crippen LogP contribution < -0.4 is 5.32 Å². The highest BCUT2D eigenvalue weighted by Gasteiger charge is 2.30. The van der Waals surface area contributed by atoms with Crippen LogP contribution >= 0.6 is 11.6 Å². The van der Waals surface area contributed by atoms with Gasteiger partial charge in [-0.05, 0) is 55.7 Å². The Morgan fingerprint density at radius 1 is 0.912 bits per heavy atom. The minimum atomic E-state index is -3.82. The number of ether oxygens (including phenoxy) is 1. The van der Waals surface area contributed by atoms with Crippen molar-refractivity contribution < 1.29 is 26.4 Å². The lowest BCUT2D eigenvalue weighted by Gasteiger charge is -2.26. The highest BCUT2D eigenvalue weighted by atomic mass is 35.5. The molecule has 9 nitrogen and oxygen atoms in total. The van der Waals surface area contributed by atoms with Crippen molar-refractivity contribution in [3.63, 3.8) is 0 Å². The van der Waals surface area contributed by atoms with E-state index in [1.165, 1.54) is 38.9 Å². The third-order valence-electron chi connectivity index (χ3n) is 5.94. The van der Waals surface area contributed by atoms with Crippen molar-refractivity contribution in [2.45, 2.75) is 29.6 Å². The number of sulfonamides is 2. The predicted octanol–water partition coefficient (Wildman–Crippen LogP) is 2.71. The summed E-state index contributed by atoms with van der Waals surface area (Å²) < 4.78 is 59.9. The number of anilines is 1. The lowest BCUT2D eigenvalue weighted by Crippen LogP contribution is -2.40. The second kappa shape index (κ2) is 9.92. The lowest BCUT2D eigenvalue weighted by molar-refractivity contribution is 0.0730. The molecule has 2 heterocycles. The van der Waals surface area contributed by atoms with E-state index in [2.05, 4.69) is 5.32 Å². The van der Waals surface area contributed by atoms with Crippen LogP contribution in [0.15, 0.2) is 46.2 Å². The Bertz CT molecular complexity index is 1300. The normalized spacial score (nSPS) is 18.2. The van der Waals surface area contributed by atoms with Crippen molar-refractivity contribution >= 4 is 43.2 Å². The second-order valence-electron chi connectivity index (χ2n) is 8.20. The van der Waals surface area contributed by atoms with Gasteiger partial charge >= 0.3 is 0 Å². The van der Waals surface area contributed by atoms with Gasteiger partial charge in [-0.3, -0.25) is 4.79 Å². The molecule has 0 radical (unpaired) electrons. The average Bonchev–Trinajstić information content (AvgIpc) is 3.37. The smallest absolute Gasteiger partial charge is 0.255 e. The number of carbonyl (C=O) groups excluding carboxylic acids is 1. The first-order valence-electron chi connectivity index (χ1n) is 10.9. The maximum atomic E-state index is 13.0. The first-order valence-corrected chi connectivity index (χ1v) is 14.2. The van der Waals surface area contributed by atoms with Gasteiger partial charge in [0.1, 0.15) is 4.90 Å². The van der Waals surface area contributed by atoms with Crippen molar-refractivity contribution in [3.8, 4) is 0 Å². The largest absolute Gasteiger partial charge is 0.379 e. The molecule has 2 aromatic carbocycles. The maximum absolute atomic E-state index is 13.0. The fraction of sp³-hybridized carbons (Fsp3) is 0.409. The van der Waals surface area contributed by atoms with Gasteiger partial charge in [-0.25, -0.2) is 16.8 Å². The molecule has 34 heavy (non-hydrogen) atoms. The molecule has 1 amide bonds. The van der Waals surface area contributed by atoms with E-state index in [0.29, 0.717) is 37.6 Å². The fourth-order valence-electron chi connectivity index (χ4n) is 3.94. The minimum Gasteiger partial charge on any atom is -0.379 e. The molecule has 0 atom stereocenters. The molecule has 0 spiro atoms. The summed E-state index contributed by atoms with van der Waals surface area (Å²) in [5, 5.41) is 2.75. The molecule has 0 unspecified atom stereocenters. The van der Waals surface area contributed by atoms with Crippen LogP contribution in [0, 0.1) is 6.92 Å². The zero-order valence-corrected chi connectivity index (χ0v) is 21.0. The summed E-state index contributed by atoms with van der Waals surface area (Å²) >= 11 is 6.18. The van der Waals surface area contributed by atoms with Crippen molar-refractivity contribution in [1.82, 2.24) is 8.61 Å². The molecule has 2 fully saturated rings. The number of morpholine rings is 1. The first-order chi connectivity index (χ1) is 16.1. The fourth-order valence-corrected chi connectivity index (χ4v) is 7.39. The molecule has 2 aliphatic rings. The van der Waals surface area contributed by atoms with Gasteiger partial charge in [0.15, 0.2) is 0 Å². The summed E-state index contributed by atoms with van der Waals surface area (Å²) in [6.07, 6.45) is 1.56. The van der Waals surface area contributed by atoms with Crippen molar-refractivity contribution in [2.24, 2.45) is 0 Å². The number of hydrogen-bond acceptors (Lipinski definition) is 6. The SMILES string of the molecule is Cc1ccc(S(=O)(=O)N2CCOCC2)cc1NC(=O)c1ccc(Cl)c(S(=O)(=O)N2CCCC2)c1. The Balaban J connectivity index is 1.60. The quantitative estimate of drug-likeness (QED) is 0.618. The summed E-state index contributed by atoms with van der Waals surface area (Å²) in [7, 11) is -7.56. The van der Waals surface area contributed by atoms with E-state index in [-0.39, 0.29) is 33.5 Å². The molecule has 0 aromatic heterocycles. The average molecular weight is 528 g/mol. The zero-order valence-electron chi connectivity index (χ0n) is 18.7. The number of aryl methyl sites for hydroxylation is 1. The summed E-state index contributed by atoms with van der Waals surface area (Å²) in [5.41, 5.74) is 1.08. The van der Waals surface area contributed by atoms with E-state index in [1.54, 1.807) is 13.0 Å². The van der Waals surface area contributed by atoms with E-state index >= 15 is 0 Å². The Morgan fingerprint density at radius 3 is 2.24 bits per heavy atom. The van der Waals surface area contributed by atoms with Gasteiger partial charge in [0.25, 0.3) is 5.91 Å². The Morgan fingerprint density at radius 2 is 1.56 bits per heavy atom. The second-order valence-corrected chi connectivity index (χ2v) is 12.5. The molecule has 2 saturated heterocycles. The molecule has 0 saturated carbocycles. The number of nitrogens with one attached hydrogen (secondary N) is 1. The molecule has 2 aromatic rings. The van der Waals surface area contributed by atoms with E-state index < -0.39 is 26.0 Å². The number of benzene rings is 2. The predicted molar refractivity (Wildman–Crippen MR) is 128 cm³/mol. The highest BCUT2D eigenvalue weighted by Crippen LogP contribution is 2.29. The molecule has 0 aliphatic carbocycles. The number of rotatable bonds is 6. The topological polar surface area (TPSA) is 113 Å². The molecule has 12 heteroatoms. The molecule has 4 rings (SSSR count). The number of hydrogen-bond donors (Lipinski definition) is 1. The van der Waals surface area contributed by atoms with Gasteiger partial charge in [-0.15, -0.1) is 0 Å². The molecule has 2 aliphatic heterocycles. The van der Waals surface area contributed by atoms with Gasteiger partial charge < -0.3 is 10.1 Å².